The van der Waals surface area contributed by atoms with Gasteiger partial charge in [0.25, 0.3) is 0 Å². The van der Waals surface area contributed by atoms with Gasteiger partial charge in [-0.25, -0.2) is 4.99 Å². The van der Waals surface area contributed by atoms with Gasteiger partial charge in [-0.05, 0) is 18.2 Å². The van der Waals surface area contributed by atoms with Crippen molar-refractivity contribution in [1.82, 2.24) is 10.3 Å². The van der Waals surface area contributed by atoms with Crippen LogP contribution in [0.4, 0.5) is 0 Å². The molecule has 3 rings (SSSR count). The lowest BCUT2D eigenvalue weighted by Gasteiger charge is -2.26. The minimum atomic E-state index is 0. The van der Waals surface area contributed by atoms with Gasteiger partial charge in [0.1, 0.15) is 18.1 Å². The standard InChI is InChI=1S/C17H20N4O2.HI/c18-17(20-9-11-22-13-4-3-8-19-12-13)21-15-7-10-23-16-6-2-1-5-14(15)16;/h1-6,8,12,15H,7,9-11H2,(H3,18,20,21);1H. The number of para-hydroxylation sites is 1. The molecule has 0 aliphatic carbocycles. The quantitative estimate of drug-likeness (QED) is 0.323. The third-order valence-electron chi connectivity index (χ3n) is 3.56. The van der Waals surface area contributed by atoms with Crippen LogP contribution in [0.5, 0.6) is 11.5 Å². The molecule has 3 N–H and O–H groups in total. The molecule has 1 aromatic heterocycles. The van der Waals surface area contributed by atoms with Gasteiger partial charge in [-0.15, -0.1) is 24.0 Å². The van der Waals surface area contributed by atoms with Crippen LogP contribution in [-0.2, 0) is 0 Å². The summed E-state index contributed by atoms with van der Waals surface area (Å²) in [6.07, 6.45) is 4.24. The zero-order valence-corrected chi connectivity index (χ0v) is 15.6. The molecular weight excluding hydrogens is 419 g/mol. The van der Waals surface area contributed by atoms with Gasteiger partial charge in [-0.1, -0.05) is 18.2 Å². The van der Waals surface area contributed by atoms with Crippen LogP contribution < -0.4 is 20.5 Å². The molecule has 24 heavy (non-hydrogen) atoms. The zero-order chi connectivity index (χ0) is 15.9. The summed E-state index contributed by atoms with van der Waals surface area (Å²) in [6.45, 7) is 1.61. The number of benzene rings is 1. The molecule has 1 aromatic carbocycles. The number of halogens is 1. The Morgan fingerprint density at radius 2 is 2.21 bits per heavy atom. The molecule has 1 atom stereocenters. The lowest BCUT2D eigenvalue weighted by Crippen LogP contribution is -2.37. The number of aromatic nitrogens is 1. The molecule has 2 aromatic rings. The first-order valence-corrected chi connectivity index (χ1v) is 7.64. The van der Waals surface area contributed by atoms with E-state index in [0.29, 0.717) is 25.7 Å². The van der Waals surface area contributed by atoms with E-state index >= 15 is 0 Å². The monoisotopic (exact) mass is 440 g/mol. The number of ether oxygens (including phenoxy) is 2. The average Bonchev–Trinajstić information content (AvgIpc) is 2.60. The highest BCUT2D eigenvalue weighted by atomic mass is 127. The minimum absolute atomic E-state index is 0. The molecule has 0 saturated heterocycles. The van der Waals surface area contributed by atoms with Crippen LogP contribution in [0.25, 0.3) is 0 Å². The Morgan fingerprint density at radius 3 is 3.04 bits per heavy atom. The Balaban J connectivity index is 0.00000208. The molecule has 2 heterocycles. The van der Waals surface area contributed by atoms with Crippen molar-refractivity contribution in [2.75, 3.05) is 19.8 Å². The van der Waals surface area contributed by atoms with E-state index in [1.165, 1.54) is 0 Å². The van der Waals surface area contributed by atoms with Crippen molar-refractivity contribution >= 4 is 29.9 Å². The van der Waals surface area contributed by atoms with Gasteiger partial charge in [0.05, 0.1) is 25.4 Å². The fraction of sp³-hybridized carbons (Fsp3) is 0.294. The minimum Gasteiger partial charge on any atom is -0.493 e. The van der Waals surface area contributed by atoms with Crippen molar-refractivity contribution in [2.45, 2.75) is 12.5 Å². The summed E-state index contributed by atoms with van der Waals surface area (Å²) in [7, 11) is 0. The normalized spacial score (nSPS) is 16.3. The first-order valence-electron chi connectivity index (χ1n) is 7.64. The van der Waals surface area contributed by atoms with E-state index < -0.39 is 0 Å². The highest BCUT2D eigenvalue weighted by molar-refractivity contribution is 14.0. The summed E-state index contributed by atoms with van der Waals surface area (Å²) in [5.41, 5.74) is 7.09. The van der Waals surface area contributed by atoms with Crippen molar-refractivity contribution in [2.24, 2.45) is 10.7 Å². The first-order chi connectivity index (χ1) is 11.3. The van der Waals surface area contributed by atoms with Crippen molar-refractivity contribution in [3.8, 4) is 11.5 Å². The number of hydrogen-bond acceptors (Lipinski definition) is 4. The fourth-order valence-corrected chi connectivity index (χ4v) is 2.48. The van der Waals surface area contributed by atoms with Gasteiger partial charge in [0.15, 0.2) is 5.96 Å². The molecule has 128 valence electrons. The van der Waals surface area contributed by atoms with Gasteiger partial charge < -0.3 is 20.5 Å². The summed E-state index contributed by atoms with van der Waals surface area (Å²) >= 11 is 0. The van der Waals surface area contributed by atoms with Crippen molar-refractivity contribution in [3.63, 3.8) is 0 Å². The number of nitrogens with one attached hydrogen (secondary N) is 1. The third-order valence-corrected chi connectivity index (χ3v) is 3.56. The van der Waals surface area contributed by atoms with Crippen molar-refractivity contribution in [1.29, 1.82) is 0 Å². The SMILES string of the molecule is I.NC(=NCCOc1cccnc1)NC1CCOc2ccccc21. The molecule has 1 aliphatic rings. The van der Waals surface area contributed by atoms with E-state index in [0.717, 1.165) is 23.5 Å². The predicted octanol–water partition coefficient (Wildman–Crippen LogP) is 2.51. The number of fused-ring (bicyclic) bond motifs is 1. The maximum absolute atomic E-state index is 5.97. The second-order valence-corrected chi connectivity index (χ2v) is 5.18. The summed E-state index contributed by atoms with van der Waals surface area (Å²) in [5, 5.41) is 3.25. The first kappa shape index (κ1) is 18.3. The molecule has 0 fully saturated rings. The van der Waals surface area contributed by atoms with Crippen LogP contribution in [0.2, 0.25) is 0 Å². The van der Waals surface area contributed by atoms with Gasteiger partial charge in [0.2, 0.25) is 0 Å². The largest absolute Gasteiger partial charge is 0.493 e. The van der Waals surface area contributed by atoms with E-state index in [4.69, 9.17) is 15.2 Å². The summed E-state index contributed by atoms with van der Waals surface area (Å²) in [5.74, 6) is 2.05. The Morgan fingerprint density at radius 1 is 1.33 bits per heavy atom. The highest BCUT2D eigenvalue weighted by Crippen LogP contribution is 2.31. The second kappa shape index (κ2) is 9.31. The lowest BCUT2D eigenvalue weighted by molar-refractivity contribution is 0.262. The molecule has 1 aliphatic heterocycles. The Hall–Kier alpha value is -2.03. The maximum Gasteiger partial charge on any atom is 0.189 e. The summed E-state index contributed by atoms with van der Waals surface area (Å²) < 4.78 is 11.2. The molecular formula is C17H21IN4O2. The number of aliphatic imine (C=N–C) groups is 1. The number of hydrogen-bond donors (Lipinski definition) is 2. The molecule has 0 bridgehead atoms. The lowest BCUT2D eigenvalue weighted by atomic mass is 10.0. The number of nitrogens with two attached hydrogens (primary N) is 1. The van der Waals surface area contributed by atoms with E-state index in [1.54, 1.807) is 12.4 Å². The molecule has 7 heteroatoms. The van der Waals surface area contributed by atoms with Gasteiger partial charge in [-0.3, -0.25) is 4.98 Å². The smallest absolute Gasteiger partial charge is 0.189 e. The Bertz CT molecular complexity index is 667. The molecule has 1 unspecified atom stereocenters. The summed E-state index contributed by atoms with van der Waals surface area (Å²) in [6, 6.07) is 11.8. The van der Waals surface area contributed by atoms with Crippen LogP contribution in [-0.4, -0.2) is 30.7 Å². The van der Waals surface area contributed by atoms with Crippen molar-refractivity contribution in [3.05, 3.63) is 54.4 Å². The van der Waals surface area contributed by atoms with Gasteiger partial charge in [0, 0.05) is 18.2 Å². The average molecular weight is 440 g/mol. The van der Waals surface area contributed by atoms with Crippen LogP contribution in [0.1, 0.15) is 18.0 Å². The maximum atomic E-state index is 5.97. The molecule has 6 nitrogen and oxygen atoms in total. The molecule has 0 radical (unpaired) electrons. The molecule has 0 amide bonds. The van der Waals surface area contributed by atoms with Crippen LogP contribution >= 0.6 is 24.0 Å². The van der Waals surface area contributed by atoms with Crippen molar-refractivity contribution < 1.29 is 9.47 Å². The topological polar surface area (TPSA) is 81.8 Å². The van der Waals surface area contributed by atoms with E-state index in [9.17, 15) is 0 Å². The van der Waals surface area contributed by atoms with E-state index in [-0.39, 0.29) is 30.0 Å². The van der Waals surface area contributed by atoms with E-state index in [1.807, 2.05) is 36.4 Å². The van der Waals surface area contributed by atoms with Gasteiger partial charge in [-0.2, -0.15) is 0 Å². The Kier molecular flexibility index (Phi) is 7.10. The van der Waals surface area contributed by atoms with E-state index in [2.05, 4.69) is 15.3 Å². The summed E-state index contributed by atoms with van der Waals surface area (Å²) in [4.78, 5) is 8.29. The Labute approximate surface area is 158 Å². The predicted molar refractivity (Wildman–Crippen MR) is 104 cm³/mol. The number of rotatable bonds is 5. The molecule has 0 spiro atoms. The van der Waals surface area contributed by atoms with Crippen LogP contribution in [0.15, 0.2) is 53.8 Å². The third kappa shape index (κ3) is 4.98. The highest BCUT2D eigenvalue weighted by Gasteiger charge is 2.21. The van der Waals surface area contributed by atoms with Crippen LogP contribution in [0, 0.1) is 0 Å². The molecule has 0 saturated carbocycles. The number of pyridine rings is 1. The number of guanidine groups is 1. The fourth-order valence-electron chi connectivity index (χ4n) is 2.48. The second-order valence-electron chi connectivity index (χ2n) is 5.18. The number of nitrogens with zero attached hydrogens (tertiary/aromatic N) is 2. The zero-order valence-electron chi connectivity index (χ0n) is 13.2. The van der Waals surface area contributed by atoms with Gasteiger partial charge >= 0.3 is 0 Å². The van der Waals surface area contributed by atoms with Crippen LogP contribution in [0.3, 0.4) is 0 Å².